The molecule has 0 bridgehead atoms. The number of fused-ring (bicyclic) bond motifs is 1. The van der Waals surface area contributed by atoms with Crippen LogP contribution in [-0.4, -0.2) is 18.9 Å². The van der Waals surface area contributed by atoms with Crippen molar-refractivity contribution in [2.75, 3.05) is 6.79 Å². The van der Waals surface area contributed by atoms with Gasteiger partial charge in [-0.3, -0.25) is 0 Å². The Hall–Kier alpha value is -1.97. The van der Waals surface area contributed by atoms with E-state index < -0.39 is 0 Å². The van der Waals surface area contributed by atoms with E-state index in [-0.39, 0.29) is 18.9 Å². The number of cyclic esters (lactones) is 1. The van der Waals surface area contributed by atoms with Crippen molar-refractivity contribution in [1.82, 2.24) is 0 Å². The summed E-state index contributed by atoms with van der Waals surface area (Å²) in [5.74, 6) is 1.24. The van der Waals surface area contributed by atoms with Gasteiger partial charge in [0.15, 0.2) is 11.5 Å². The monoisotopic (exact) mass is 232 g/mol. The van der Waals surface area contributed by atoms with E-state index in [1.807, 2.05) is 31.2 Å². The molecule has 2 aliphatic heterocycles. The molecule has 3 rings (SSSR count). The molecule has 1 fully saturated rings. The third-order valence-corrected chi connectivity index (χ3v) is 2.82. The summed E-state index contributed by atoms with van der Waals surface area (Å²) in [6.45, 7) is 2.15. The van der Waals surface area contributed by atoms with Crippen LogP contribution in [0.3, 0.4) is 0 Å². The molecule has 88 valence electrons. The molecule has 4 nitrogen and oxygen atoms in total. The van der Waals surface area contributed by atoms with E-state index in [0.29, 0.717) is 12.0 Å². The van der Waals surface area contributed by atoms with Crippen molar-refractivity contribution in [3.05, 3.63) is 29.3 Å². The van der Waals surface area contributed by atoms with Crippen LogP contribution in [0.1, 0.15) is 18.9 Å². The normalized spacial score (nSPS) is 24.2. The highest BCUT2D eigenvalue weighted by Gasteiger charge is 2.25. The molecular weight excluding hydrogens is 220 g/mol. The number of carbonyl (C=O) groups excluding carboxylic acids is 1. The lowest BCUT2D eigenvalue weighted by Gasteiger charge is -1.98. The third kappa shape index (κ3) is 1.86. The molecule has 0 N–H and O–H groups in total. The number of esters is 1. The molecule has 17 heavy (non-hydrogen) atoms. The second kappa shape index (κ2) is 3.80. The fourth-order valence-corrected chi connectivity index (χ4v) is 2.02. The molecule has 0 radical (unpaired) electrons. The predicted molar refractivity (Wildman–Crippen MR) is 60.7 cm³/mol. The average Bonchev–Trinajstić information content (AvgIpc) is 2.85. The molecule has 0 aliphatic carbocycles. The van der Waals surface area contributed by atoms with Crippen molar-refractivity contribution < 1.29 is 19.0 Å². The van der Waals surface area contributed by atoms with Gasteiger partial charge in [0.2, 0.25) is 6.79 Å². The fourth-order valence-electron chi connectivity index (χ4n) is 2.02. The first kappa shape index (κ1) is 10.2. The average molecular weight is 232 g/mol. The molecule has 1 aromatic carbocycles. The van der Waals surface area contributed by atoms with Crippen molar-refractivity contribution in [2.24, 2.45) is 0 Å². The van der Waals surface area contributed by atoms with Gasteiger partial charge < -0.3 is 14.2 Å². The summed E-state index contributed by atoms with van der Waals surface area (Å²) in [5, 5.41) is 0. The van der Waals surface area contributed by atoms with Gasteiger partial charge in [-0.25, -0.2) is 4.79 Å². The van der Waals surface area contributed by atoms with Crippen molar-refractivity contribution in [1.29, 1.82) is 0 Å². The molecule has 2 heterocycles. The predicted octanol–water partition coefficient (Wildman–Crippen LogP) is 2.13. The van der Waals surface area contributed by atoms with Gasteiger partial charge in [-0.2, -0.15) is 0 Å². The number of carbonyl (C=O) groups is 1. The van der Waals surface area contributed by atoms with Crippen LogP contribution in [0.2, 0.25) is 0 Å². The molecule has 1 aromatic rings. The lowest BCUT2D eigenvalue weighted by molar-refractivity contribution is -0.138. The lowest BCUT2D eigenvalue weighted by Crippen LogP contribution is -1.99. The minimum atomic E-state index is -0.227. The van der Waals surface area contributed by atoms with Gasteiger partial charge in [-0.05, 0) is 30.7 Å². The van der Waals surface area contributed by atoms with E-state index in [4.69, 9.17) is 14.2 Å². The Morgan fingerprint density at radius 3 is 2.88 bits per heavy atom. The summed E-state index contributed by atoms with van der Waals surface area (Å²) in [4.78, 5) is 11.5. The number of ether oxygens (including phenoxy) is 3. The molecule has 0 spiro atoms. The molecular formula is C13H12O4. The summed E-state index contributed by atoms with van der Waals surface area (Å²) < 4.78 is 15.6. The Balaban J connectivity index is 1.90. The molecule has 0 saturated carbocycles. The number of rotatable bonds is 1. The van der Waals surface area contributed by atoms with E-state index in [1.54, 1.807) is 0 Å². The van der Waals surface area contributed by atoms with Crippen LogP contribution >= 0.6 is 0 Å². The maximum Gasteiger partial charge on any atom is 0.334 e. The Labute approximate surface area is 98.8 Å². The van der Waals surface area contributed by atoms with E-state index in [2.05, 4.69) is 0 Å². The van der Waals surface area contributed by atoms with Crippen molar-refractivity contribution in [3.63, 3.8) is 0 Å². The van der Waals surface area contributed by atoms with E-state index in [0.717, 1.165) is 17.1 Å². The first-order valence-electron chi connectivity index (χ1n) is 5.53. The zero-order valence-electron chi connectivity index (χ0n) is 9.43. The molecule has 0 amide bonds. The highest BCUT2D eigenvalue weighted by atomic mass is 16.7. The molecule has 0 aromatic heterocycles. The van der Waals surface area contributed by atoms with Crippen molar-refractivity contribution in [2.45, 2.75) is 19.4 Å². The smallest absolute Gasteiger partial charge is 0.334 e. The Kier molecular flexibility index (Phi) is 2.28. The van der Waals surface area contributed by atoms with Gasteiger partial charge in [0.05, 0.1) is 0 Å². The Bertz CT molecular complexity index is 504. The first-order chi connectivity index (χ1) is 8.22. The number of hydrogen-bond acceptors (Lipinski definition) is 4. The standard InChI is InChI=1S/C13H12O4/c1-8-4-10(13(14)17-8)5-9-2-3-11-12(6-9)16-7-15-11/h2-3,5-6,8H,4,7H2,1H3/b10-5+. The van der Waals surface area contributed by atoms with Crippen molar-refractivity contribution in [3.8, 4) is 11.5 Å². The Morgan fingerprint density at radius 1 is 1.29 bits per heavy atom. The van der Waals surface area contributed by atoms with Crippen LogP contribution < -0.4 is 9.47 Å². The van der Waals surface area contributed by atoms with Crippen LogP contribution in [0, 0.1) is 0 Å². The SMILES string of the molecule is CC1C/C(=C\c2ccc3c(c2)OCO3)C(=O)O1. The van der Waals surface area contributed by atoms with Crippen LogP contribution in [0.25, 0.3) is 6.08 Å². The topological polar surface area (TPSA) is 44.8 Å². The van der Waals surface area contributed by atoms with Gasteiger partial charge in [-0.1, -0.05) is 6.07 Å². The third-order valence-electron chi connectivity index (χ3n) is 2.82. The van der Waals surface area contributed by atoms with Gasteiger partial charge >= 0.3 is 5.97 Å². The first-order valence-corrected chi connectivity index (χ1v) is 5.53. The molecule has 1 unspecified atom stereocenters. The number of hydrogen-bond donors (Lipinski definition) is 0. The summed E-state index contributed by atoms with van der Waals surface area (Å²) >= 11 is 0. The van der Waals surface area contributed by atoms with Crippen molar-refractivity contribution >= 4 is 12.0 Å². The second-order valence-electron chi connectivity index (χ2n) is 4.20. The van der Waals surface area contributed by atoms with E-state index in [9.17, 15) is 4.79 Å². The molecule has 1 atom stereocenters. The molecule has 1 saturated heterocycles. The quantitative estimate of drug-likeness (QED) is 0.549. The van der Waals surface area contributed by atoms with Gasteiger partial charge in [0, 0.05) is 12.0 Å². The maximum absolute atomic E-state index is 11.5. The van der Waals surface area contributed by atoms with Gasteiger partial charge in [0.25, 0.3) is 0 Å². The lowest BCUT2D eigenvalue weighted by atomic mass is 10.1. The van der Waals surface area contributed by atoms with E-state index in [1.165, 1.54) is 0 Å². The molecule has 2 aliphatic rings. The molecule has 4 heteroatoms. The summed E-state index contributed by atoms with van der Waals surface area (Å²) in [6.07, 6.45) is 2.48. The highest BCUT2D eigenvalue weighted by molar-refractivity contribution is 5.95. The minimum absolute atomic E-state index is 0.0252. The van der Waals surface area contributed by atoms with Crippen LogP contribution in [0.4, 0.5) is 0 Å². The largest absolute Gasteiger partial charge is 0.459 e. The number of benzene rings is 1. The van der Waals surface area contributed by atoms with Crippen LogP contribution in [-0.2, 0) is 9.53 Å². The minimum Gasteiger partial charge on any atom is -0.459 e. The zero-order chi connectivity index (χ0) is 11.8. The highest BCUT2D eigenvalue weighted by Crippen LogP contribution is 2.33. The summed E-state index contributed by atoms with van der Waals surface area (Å²) in [5.41, 5.74) is 1.63. The van der Waals surface area contributed by atoms with Gasteiger partial charge in [0.1, 0.15) is 6.10 Å². The summed E-state index contributed by atoms with van der Waals surface area (Å²) in [7, 11) is 0. The van der Waals surface area contributed by atoms with Crippen LogP contribution in [0.15, 0.2) is 23.8 Å². The van der Waals surface area contributed by atoms with Crippen LogP contribution in [0.5, 0.6) is 11.5 Å². The summed E-state index contributed by atoms with van der Waals surface area (Å²) in [6, 6.07) is 5.61. The maximum atomic E-state index is 11.5. The zero-order valence-corrected chi connectivity index (χ0v) is 9.43. The fraction of sp³-hybridized carbons (Fsp3) is 0.308. The Morgan fingerprint density at radius 2 is 2.12 bits per heavy atom. The van der Waals surface area contributed by atoms with Gasteiger partial charge in [-0.15, -0.1) is 0 Å². The second-order valence-corrected chi connectivity index (χ2v) is 4.20. The van der Waals surface area contributed by atoms with E-state index >= 15 is 0 Å².